The van der Waals surface area contributed by atoms with Crippen LogP contribution in [0.15, 0.2) is 47.6 Å². The van der Waals surface area contributed by atoms with Gasteiger partial charge in [0.05, 0.1) is 38.3 Å². The zero-order valence-electron chi connectivity index (χ0n) is 17.6. The lowest BCUT2D eigenvalue weighted by Gasteiger charge is -2.12. The Kier molecular flexibility index (Phi) is 5.85. The van der Waals surface area contributed by atoms with Gasteiger partial charge in [-0.1, -0.05) is 11.8 Å². The summed E-state index contributed by atoms with van der Waals surface area (Å²) >= 11 is 1.31. The van der Waals surface area contributed by atoms with Crippen molar-refractivity contribution in [1.82, 2.24) is 14.6 Å². The van der Waals surface area contributed by atoms with Crippen molar-refractivity contribution in [3.8, 4) is 17.2 Å². The molecule has 4 rings (SSSR count). The first kappa shape index (κ1) is 20.8. The molecule has 0 bridgehead atoms. The first-order valence-corrected chi connectivity index (χ1v) is 10.5. The fourth-order valence-corrected chi connectivity index (χ4v) is 4.07. The van der Waals surface area contributed by atoms with E-state index in [4.69, 9.17) is 14.2 Å². The van der Waals surface area contributed by atoms with Crippen LogP contribution in [0.3, 0.4) is 0 Å². The molecule has 0 saturated carbocycles. The second kappa shape index (κ2) is 8.73. The van der Waals surface area contributed by atoms with Crippen molar-refractivity contribution < 1.29 is 19.0 Å². The number of hydrogen-bond acceptors (Lipinski definition) is 7. The number of pyridine rings is 1. The monoisotopic (exact) mass is 438 g/mol. The maximum Gasteiger partial charge on any atom is 0.234 e. The van der Waals surface area contributed by atoms with Gasteiger partial charge in [0.15, 0.2) is 10.8 Å². The van der Waals surface area contributed by atoms with E-state index in [0.29, 0.717) is 22.3 Å². The number of anilines is 1. The summed E-state index contributed by atoms with van der Waals surface area (Å²) in [4.78, 5) is 12.6. The van der Waals surface area contributed by atoms with Crippen LogP contribution in [0.1, 0.15) is 5.56 Å². The zero-order valence-corrected chi connectivity index (χ0v) is 18.4. The Morgan fingerprint density at radius 3 is 2.48 bits per heavy atom. The molecule has 1 N–H and O–H groups in total. The van der Waals surface area contributed by atoms with E-state index >= 15 is 0 Å². The van der Waals surface area contributed by atoms with Gasteiger partial charge >= 0.3 is 0 Å². The van der Waals surface area contributed by atoms with Gasteiger partial charge in [-0.25, -0.2) is 0 Å². The highest BCUT2D eigenvalue weighted by molar-refractivity contribution is 7.99. The van der Waals surface area contributed by atoms with Crippen LogP contribution < -0.4 is 19.5 Å². The minimum absolute atomic E-state index is 0.153. The quantitative estimate of drug-likeness (QED) is 0.437. The summed E-state index contributed by atoms with van der Waals surface area (Å²) in [5, 5.41) is 13.2. The molecule has 0 unspecified atom stereocenters. The SMILES string of the molecule is COc1ccc(OC)c(NC(=O)CSc2nnc3c(C)cc4ccc(OC)cc4n23)c1. The fraction of sp³-hybridized carbons (Fsp3) is 0.227. The van der Waals surface area contributed by atoms with Gasteiger partial charge < -0.3 is 19.5 Å². The number of benzene rings is 2. The number of carbonyl (C=O) groups is 1. The molecule has 0 spiro atoms. The molecule has 8 nitrogen and oxygen atoms in total. The summed E-state index contributed by atoms with van der Waals surface area (Å²) in [7, 11) is 4.75. The Morgan fingerprint density at radius 1 is 1.00 bits per heavy atom. The molecule has 9 heteroatoms. The molecule has 2 heterocycles. The third-order valence-corrected chi connectivity index (χ3v) is 5.78. The van der Waals surface area contributed by atoms with Crippen molar-refractivity contribution in [3.05, 3.63) is 48.0 Å². The molecule has 0 aliphatic carbocycles. The number of aromatic nitrogens is 3. The summed E-state index contributed by atoms with van der Waals surface area (Å²) < 4.78 is 17.9. The number of methoxy groups -OCH3 is 3. The minimum atomic E-state index is -0.192. The molecule has 0 radical (unpaired) electrons. The van der Waals surface area contributed by atoms with Crippen molar-refractivity contribution in [2.24, 2.45) is 0 Å². The van der Waals surface area contributed by atoms with Crippen molar-refractivity contribution in [1.29, 1.82) is 0 Å². The molecular formula is C22H22N4O4S. The molecule has 160 valence electrons. The van der Waals surface area contributed by atoms with Crippen molar-refractivity contribution in [3.63, 3.8) is 0 Å². The molecule has 0 aliphatic heterocycles. The van der Waals surface area contributed by atoms with E-state index in [1.165, 1.54) is 11.8 Å². The van der Waals surface area contributed by atoms with E-state index in [1.807, 2.05) is 29.5 Å². The van der Waals surface area contributed by atoms with Crippen LogP contribution in [-0.4, -0.2) is 47.6 Å². The van der Waals surface area contributed by atoms with Crippen LogP contribution in [0.25, 0.3) is 16.6 Å². The van der Waals surface area contributed by atoms with E-state index in [0.717, 1.165) is 27.9 Å². The number of nitrogens with one attached hydrogen (secondary N) is 1. The maximum atomic E-state index is 12.6. The van der Waals surface area contributed by atoms with E-state index in [-0.39, 0.29) is 11.7 Å². The Hall–Kier alpha value is -3.46. The lowest BCUT2D eigenvalue weighted by Crippen LogP contribution is -2.15. The Balaban J connectivity index is 1.60. The summed E-state index contributed by atoms with van der Waals surface area (Å²) in [5.41, 5.74) is 3.22. The number of rotatable bonds is 7. The van der Waals surface area contributed by atoms with Crippen LogP contribution >= 0.6 is 11.8 Å². The highest BCUT2D eigenvalue weighted by Gasteiger charge is 2.15. The van der Waals surface area contributed by atoms with Crippen molar-refractivity contribution >= 4 is 39.9 Å². The van der Waals surface area contributed by atoms with Crippen LogP contribution in [0, 0.1) is 6.92 Å². The van der Waals surface area contributed by atoms with E-state index in [1.54, 1.807) is 39.5 Å². The number of carbonyl (C=O) groups excluding carboxylic acids is 1. The number of hydrogen-bond donors (Lipinski definition) is 1. The summed E-state index contributed by atoms with van der Waals surface area (Å²) in [6.07, 6.45) is 0. The molecule has 2 aromatic carbocycles. The highest BCUT2D eigenvalue weighted by Crippen LogP contribution is 2.30. The Bertz CT molecular complexity index is 1270. The smallest absolute Gasteiger partial charge is 0.234 e. The van der Waals surface area contributed by atoms with E-state index in [2.05, 4.69) is 21.6 Å². The lowest BCUT2D eigenvalue weighted by molar-refractivity contribution is -0.113. The van der Waals surface area contributed by atoms with Gasteiger partial charge in [0, 0.05) is 12.1 Å². The second-order valence-electron chi connectivity index (χ2n) is 6.80. The lowest BCUT2D eigenvalue weighted by atomic mass is 10.1. The normalized spacial score (nSPS) is 11.0. The van der Waals surface area contributed by atoms with E-state index in [9.17, 15) is 4.79 Å². The number of amides is 1. The predicted molar refractivity (Wildman–Crippen MR) is 121 cm³/mol. The fourth-order valence-electron chi connectivity index (χ4n) is 3.33. The van der Waals surface area contributed by atoms with Crippen molar-refractivity contribution in [2.75, 3.05) is 32.4 Å². The molecule has 0 fully saturated rings. The van der Waals surface area contributed by atoms with Gasteiger partial charge in [0.2, 0.25) is 5.91 Å². The van der Waals surface area contributed by atoms with Gasteiger partial charge in [0.1, 0.15) is 17.2 Å². The highest BCUT2D eigenvalue weighted by atomic mass is 32.2. The Labute approximate surface area is 183 Å². The van der Waals surface area contributed by atoms with Gasteiger partial charge in [-0.15, -0.1) is 10.2 Å². The van der Waals surface area contributed by atoms with Gasteiger partial charge in [0.25, 0.3) is 0 Å². The minimum Gasteiger partial charge on any atom is -0.497 e. The van der Waals surface area contributed by atoms with Crippen LogP contribution in [0.5, 0.6) is 17.2 Å². The number of ether oxygens (including phenoxy) is 3. The zero-order chi connectivity index (χ0) is 22.0. The topological polar surface area (TPSA) is 87.0 Å². The molecule has 31 heavy (non-hydrogen) atoms. The third kappa shape index (κ3) is 4.09. The average Bonchev–Trinajstić information content (AvgIpc) is 3.22. The Morgan fingerprint density at radius 2 is 1.74 bits per heavy atom. The molecule has 4 aromatic rings. The first-order chi connectivity index (χ1) is 15.0. The standard InChI is InChI=1S/C22H22N4O4S/c1-13-9-14-5-6-16(29-3)11-18(14)26-21(13)24-25-22(26)31-12-20(27)23-17-10-15(28-2)7-8-19(17)30-4/h5-11H,12H2,1-4H3,(H,23,27). The van der Waals surface area contributed by atoms with Gasteiger partial charge in [-0.3, -0.25) is 9.20 Å². The number of aryl methyl sites for hydroxylation is 1. The molecular weight excluding hydrogens is 416 g/mol. The maximum absolute atomic E-state index is 12.6. The number of thioether (sulfide) groups is 1. The van der Waals surface area contributed by atoms with Gasteiger partial charge in [-0.05, 0) is 48.2 Å². The molecule has 0 atom stereocenters. The first-order valence-electron chi connectivity index (χ1n) is 9.51. The van der Waals surface area contributed by atoms with Gasteiger partial charge in [-0.2, -0.15) is 0 Å². The van der Waals surface area contributed by atoms with E-state index < -0.39 is 0 Å². The van der Waals surface area contributed by atoms with Crippen LogP contribution in [0.2, 0.25) is 0 Å². The third-order valence-electron chi connectivity index (χ3n) is 4.85. The molecule has 2 aromatic heterocycles. The second-order valence-corrected chi connectivity index (χ2v) is 7.74. The molecule has 0 saturated heterocycles. The summed E-state index contributed by atoms with van der Waals surface area (Å²) in [6, 6.07) is 13.2. The van der Waals surface area contributed by atoms with Crippen LogP contribution in [0.4, 0.5) is 5.69 Å². The number of fused-ring (bicyclic) bond motifs is 3. The molecule has 0 aliphatic rings. The largest absolute Gasteiger partial charge is 0.497 e. The predicted octanol–water partition coefficient (Wildman–Crippen LogP) is 3.95. The van der Waals surface area contributed by atoms with Crippen LogP contribution in [-0.2, 0) is 4.79 Å². The number of nitrogens with zero attached hydrogens (tertiary/aromatic N) is 3. The molecule has 1 amide bonds. The summed E-state index contributed by atoms with van der Waals surface area (Å²) in [6.45, 7) is 1.99. The average molecular weight is 439 g/mol. The summed E-state index contributed by atoms with van der Waals surface area (Å²) in [5.74, 6) is 1.89. The van der Waals surface area contributed by atoms with Crippen molar-refractivity contribution in [2.45, 2.75) is 12.1 Å².